The minimum absolute atomic E-state index is 0.363. The second-order valence-electron chi connectivity index (χ2n) is 6.48. The maximum Gasteiger partial charge on any atom is 0.163 e. The first-order valence-electron chi connectivity index (χ1n) is 8.61. The van der Waals surface area contributed by atoms with Gasteiger partial charge in [-0.2, -0.15) is 5.10 Å². The van der Waals surface area contributed by atoms with Crippen LogP contribution in [0.1, 0.15) is 18.5 Å². The van der Waals surface area contributed by atoms with Crippen LogP contribution in [0.2, 0.25) is 5.02 Å². The summed E-state index contributed by atoms with van der Waals surface area (Å²) < 4.78 is 7.41. The Labute approximate surface area is 152 Å². The molecule has 5 nitrogen and oxygen atoms in total. The molecule has 1 aromatic carbocycles. The number of halogens is 1. The van der Waals surface area contributed by atoms with Crippen LogP contribution >= 0.6 is 11.6 Å². The van der Waals surface area contributed by atoms with E-state index in [2.05, 4.69) is 28.0 Å². The predicted octanol–water partition coefficient (Wildman–Crippen LogP) is 3.49. The molecule has 0 radical (unpaired) electrons. The quantitative estimate of drug-likeness (QED) is 0.717. The monoisotopic (exact) mass is 356 g/mol. The summed E-state index contributed by atoms with van der Waals surface area (Å²) in [5.41, 5.74) is 4.16. The van der Waals surface area contributed by atoms with E-state index in [4.69, 9.17) is 16.3 Å². The smallest absolute Gasteiger partial charge is 0.163 e. The number of benzene rings is 1. The first-order valence-corrected chi connectivity index (χ1v) is 8.99. The number of aromatic nitrogens is 3. The van der Waals surface area contributed by atoms with Crippen molar-refractivity contribution in [1.82, 2.24) is 19.5 Å². The van der Waals surface area contributed by atoms with E-state index >= 15 is 0 Å². The van der Waals surface area contributed by atoms with Crippen LogP contribution in [0.25, 0.3) is 16.8 Å². The third-order valence-corrected chi connectivity index (χ3v) is 4.98. The average Bonchev–Trinajstić information content (AvgIpc) is 3.07. The molecule has 2 aromatic heterocycles. The van der Waals surface area contributed by atoms with E-state index in [1.807, 2.05) is 41.2 Å². The Morgan fingerprint density at radius 2 is 1.92 bits per heavy atom. The Morgan fingerprint density at radius 3 is 2.68 bits per heavy atom. The molecule has 1 atom stereocenters. The van der Waals surface area contributed by atoms with Gasteiger partial charge in [0.2, 0.25) is 0 Å². The largest absolute Gasteiger partial charge is 0.379 e. The number of fused-ring (bicyclic) bond motifs is 1. The molecule has 1 unspecified atom stereocenters. The van der Waals surface area contributed by atoms with Gasteiger partial charge in [0.05, 0.1) is 25.1 Å². The summed E-state index contributed by atoms with van der Waals surface area (Å²) in [5.74, 6) is 0.363. The minimum atomic E-state index is 0.363. The fourth-order valence-corrected chi connectivity index (χ4v) is 3.51. The average molecular weight is 357 g/mol. The van der Waals surface area contributed by atoms with Gasteiger partial charge in [-0.25, -0.2) is 9.50 Å². The van der Waals surface area contributed by atoms with E-state index in [1.54, 1.807) is 0 Å². The number of rotatable bonds is 4. The molecule has 3 aromatic rings. The second-order valence-corrected chi connectivity index (χ2v) is 6.92. The molecule has 0 N–H and O–H groups in total. The van der Waals surface area contributed by atoms with Crippen LogP contribution in [0.5, 0.6) is 0 Å². The molecule has 1 aliphatic rings. The zero-order valence-corrected chi connectivity index (χ0v) is 15.0. The third kappa shape index (κ3) is 3.40. The first kappa shape index (κ1) is 16.5. The summed E-state index contributed by atoms with van der Waals surface area (Å²) in [6, 6.07) is 9.86. The number of hydrogen-bond acceptors (Lipinski definition) is 4. The number of hydrogen-bond donors (Lipinski definition) is 0. The molecule has 0 aliphatic carbocycles. The highest BCUT2D eigenvalue weighted by Crippen LogP contribution is 2.27. The van der Waals surface area contributed by atoms with Gasteiger partial charge in [-0.05, 0) is 23.8 Å². The fraction of sp³-hybridized carbons (Fsp3) is 0.368. The third-order valence-electron chi connectivity index (χ3n) is 4.73. The van der Waals surface area contributed by atoms with Crippen LogP contribution < -0.4 is 0 Å². The molecule has 6 heteroatoms. The normalized spacial score (nSPS) is 17.0. The van der Waals surface area contributed by atoms with Crippen LogP contribution in [-0.2, 0) is 4.74 Å². The Balaban J connectivity index is 1.65. The van der Waals surface area contributed by atoms with E-state index < -0.39 is 0 Å². The highest BCUT2D eigenvalue weighted by molar-refractivity contribution is 6.30. The Bertz CT molecular complexity index is 855. The van der Waals surface area contributed by atoms with Gasteiger partial charge >= 0.3 is 0 Å². The summed E-state index contributed by atoms with van der Waals surface area (Å²) in [6.07, 6.45) is 3.76. The molecule has 0 amide bonds. The molecule has 1 saturated heterocycles. The van der Waals surface area contributed by atoms with Crippen molar-refractivity contribution in [3.05, 3.63) is 53.4 Å². The van der Waals surface area contributed by atoms with E-state index in [0.29, 0.717) is 5.92 Å². The van der Waals surface area contributed by atoms with Gasteiger partial charge in [0.25, 0.3) is 0 Å². The SMILES string of the molecule is CC(CN1CCOCC1)c1ccnc2c(-c3ccc(Cl)cc3)cnn12. The standard InChI is InChI=1S/C19H21ClN4O/c1-14(13-23-8-10-25-11-9-23)18-6-7-21-19-17(12-22-24(18)19)15-2-4-16(20)5-3-15/h2-7,12,14H,8-11,13H2,1H3. The maximum absolute atomic E-state index is 6.00. The molecular formula is C19H21ClN4O. The number of ether oxygens (including phenoxy) is 1. The molecule has 0 saturated carbocycles. The summed E-state index contributed by atoms with van der Waals surface area (Å²) in [4.78, 5) is 7.01. The summed E-state index contributed by atoms with van der Waals surface area (Å²) in [7, 11) is 0. The molecule has 1 aliphatic heterocycles. The van der Waals surface area contributed by atoms with Crippen molar-refractivity contribution in [2.75, 3.05) is 32.8 Å². The lowest BCUT2D eigenvalue weighted by molar-refractivity contribution is 0.0355. The van der Waals surface area contributed by atoms with E-state index in [-0.39, 0.29) is 0 Å². The lowest BCUT2D eigenvalue weighted by Crippen LogP contribution is -2.38. The van der Waals surface area contributed by atoms with E-state index in [9.17, 15) is 0 Å². The van der Waals surface area contributed by atoms with E-state index in [1.165, 1.54) is 5.69 Å². The molecule has 130 valence electrons. The number of morpholine rings is 1. The zero-order valence-electron chi connectivity index (χ0n) is 14.2. The lowest BCUT2D eigenvalue weighted by atomic mass is 10.1. The number of nitrogens with zero attached hydrogens (tertiary/aromatic N) is 4. The molecule has 4 rings (SSSR count). The molecule has 0 bridgehead atoms. The Kier molecular flexibility index (Phi) is 4.70. The van der Waals surface area contributed by atoms with Crippen LogP contribution in [-0.4, -0.2) is 52.3 Å². The van der Waals surface area contributed by atoms with Crippen molar-refractivity contribution >= 4 is 17.2 Å². The first-order chi connectivity index (χ1) is 12.2. The van der Waals surface area contributed by atoms with Crippen molar-refractivity contribution in [3.8, 4) is 11.1 Å². The van der Waals surface area contributed by atoms with Crippen molar-refractivity contribution < 1.29 is 4.74 Å². The van der Waals surface area contributed by atoms with Crippen molar-refractivity contribution in [3.63, 3.8) is 0 Å². The molecular weight excluding hydrogens is 336 g/mol. The lowest BCUT2D eigenvalue weighted by Gasteiger charge is -2.29. The van der Waals surface area contributed by atoms with Crippen LogP contribution in [0.4, 0.5) is 0 Å². The van der Waals surface area contributed by atoms with Crippen LogP contribution in [0.3, 0.4) is 0 Å². The van der Waals surface area contributed by atoms with Gasteiger partial charge in [0.15, 0.2) is 5.65 Å². The highest BCUT2D eigenvalue weighted by atomic mass is 35.5. The Hall–Kier alpha value is -1.95. The van der Waals surface area contributed by atoms with Gasteiger partial charge in [0, 0.05) is 42.3 Å². The van der Waals surface area contributed by atoms with Crippen molar-refractivity contribution in [2.45, 2.75) is 12.8 Å². The van der Waals surface area contributed by atoms with Gasteiger partial charge in [-0.3, -0.25) is 4.90 Å². The minimum Gasteiger partial charge on any atom is -0.379 e. The van der Waals surface area contributed by atoms with Gasteiger partial charge in [0.1, 0.15) is 0 Å². The van der Waals surface area contributed by atoms with Gasteiger partial charge in [-0.1, -0.05) is 30.7 Å². The van der Waals surface area contributed by atoms with Crippen molar-refractivity contribution in [1.29, 1.82) is 0 Å². The molecule has 0 spiro atoms. The Morgan fingerprint density at radius 1 is 1.16 bits per heavy atom. The zero-order chi connectivity index (χ0) is 17.2. The summed E-state index contributed by atoms with van der Waals surface area (Å²) in [6.45, 7) is 6.87. The van der Waals surface area contributed by atoms with Gasteiger partial charge < -0.3 is 4.74 Å². The highest BCUT2D eigenvalue weighted by Gasteiger charge is 2.18. The summed E-state index contributed by atoms with van der Waals surface area (Å²) in [5, 5.41) is 5.34. The van der Waals surface area contributed by atoms with E-state index in [0.717, 1.165) is 54.6 Å². The predicted molar refractivity (Wildman–Crippen MR) is 99.1 cm³/mol. The van der Waals surface area contributed by atoms with Gasteiger partial charge in [-0.15, -0.1) is 0 Å². The van der Waals surface area contributed by atoms with Crippen molar-refractivity contribution in [2.24, 2.45) is 0 Å². The molecule has 1 fully saturated rings. The molecule has 3 heterocycles. The van der Waals surface area contributed by atoms with Crippen LogP contribution in [0.15, 0.2) is 42.7 Å². The topological polar surface area (TPSA) is 42.7 Å². The molecule has 25 heavy (non-hydrogen) atoms. The second kappa shape index (κ2) is 7.12. The fourth-order valence-electron chi connectivity index (χ4n) is 3.38. The summed E-state index contributed by atoms with van der Waals surface area (Å²) >= 11 is 6.00. The van der Waals surface area contributed by atoms with Crippen LogP contribution in [0, 0.1) is 0 Å². The maximum atomic E-state index is 6.00.